The van der Waals surface area contributed by atoms with Crippen LogP contribution < -0.4 is 5.32 Å². The van der Waals surface area contributed by atoms with Gasteiger partial charge in [-0.15, -0.1) is 0 Å². The summed E-state index contributed by atoms with van der Waals surface area (Å²) in [6.45, 7) is 8.98. The molecular weight excluding hydrogens is 214 g/mol. The van der Waals surface area contributed by atoms with Crippen molar-refractivity contribution < 1.29 is 9.59 Å². The molecule has 0 atom stereocenters. The number of hydrogen-bond donors (Lipinski definition) is 1. The highest BCUT2D eigenvalue weighted by molar-refractivity contribution is 5.98. The smallest absolute Gasteiger partial charge is 0.229 e. The van der Waals surface area contributed by atoms with Crippen molar-refractivity contribution in [1.29, 1.82) is 0 Å². The predicted octanol–water partition coefficient (Wildman–Crippen LogP) is 3.18. The maximum atomic E-state index is 11.8. The van der Waals surface area contributed by atoms with Crippen molar-refractivity contribution in [2.75, 3.05) is 5.32 Å². The van der Waals surface area contributed by atoms with Crippen LogP contribution in [0.4, 0.5) is 5.69 Å². The van der Waals surface area contributed by atoms with E-state index in [1.807, 2.05) is 33.8 Å². The summed E-state index contributed by atoms with van der Waals surface area (Å²) in [4.78, 5) is 23.1. The molecule has 1 N–H and O–H groups in total. The minimum absolute atomic E-state index is 0.0347. The molecule has 1 aromatic carbocycles. The summed E-state index contributed by atoms with van der Waals surface area (Å²) >= 11 is 0. The Hall–Kier alpha value is -1.64. The molecule has 1 aromatic rings. The molecule has 0 bridgehead atoms. The number of amides is 1. The van der Waals surface area contributed by atoms with E-state index in [1.54, 1.807) is 12.1 Å². The average molecular weight is 233 g/mol. The zero-order chi connectivity index (χ0) is 13.2. The number of benzene rings is 1. The minimum Gasteiger partial charge on any atom is -0.326 e. The highest BCUT2D eigenvalue weighted by Gasteiger charge is 2.21. The molecule has 3 nitrogen and oxygen atoms in total. The van der Waals surface area contributed by atoms with Crippen LogP contribution in [0.3, 0.4) is 0 Å². The standard InChI is InChI=1S/C14H19NO2/c1-9-8-11(6-7-12(9)10(2)16)15-13(17)14(3,4)5/h6-8H,1-5H3,(H,15,17). The van der Waals surface area contributed by atoms with E-state index in [1.165, 1.54) is 6.92 Å². The third kappa shape index (κ3) is 3.41. The highest BCUT2D eigenvalue weighted by atomic mass is 16.2. The van der Waals surface area contributed by atoms with Crippen LogP contribution in [0.2, 0.25) is 0 Å². The van der Waals surface area contributed by atoms with E-state index >= 15 is 0 Å². The van der Waals surface area contributed by atoms with Gasteiger partial charge in [0.25, 0.3) is 0 Å². The van der Waals surface area contributed by atoms with Crippen LogP contribution in [0.1, 0.15) is 43.6 Å². The lowest BCUT2D eigenvalue weighted by Gasteiger charge is -2.18. The van der Waals surface area contributed by atoms with Crippen molar-refractivity contribution in [3.8, 4) is 0 Å². The Morgan fingerprint density at radius 3 is 2.18 bits per heavy atom. The molecule has 92 valence electrons. The van der Waals surface area contributed by atoms with Crippen molar-refractivity contribution in [3.05, 3.63) is 29.3 Å². The molecule has 0 saturated heterocycles. The number of anilines is 1. The summed E-state index contributed by atoms with van der Waals surface area (Å²) in [7, 11) is 0. The summed E-state index contributed by atoms with van der Waals surface area (Å²) < 4.78 is 0. The second kappa shape index (κ2) is 4.70. The van der Waals surface area contributed by atoms with Gasteiger partial charge in [-0.25, -0.2) is 0 Å². The first-order valence-corrected chi connectivity index (χ1v) is 5.65. The first-order valence-electron chi connectivity index (χ1n) is 5.65. The molecule has 0 aliphatic rings. The number of carbonyl (C=O) groups excluding carboxylic acids is 2. The van der Waals surface area contributed by atoms with Crippen molar-refractivity contribution in [2.45, 2.75) is 34.6 Å². The van der Waals surface area contributed by atoms with Crippen LogP contribution in [-0.4, -0.2) is 11.7 Å². The lowest BCUT2D eigenvalue weighted by molar-refractivity contribution is -0.123. The molecule has 0 fully saturated rings. The van der Waals surface area contributed by atoms with E-state index in [2.05, 4.69) is 5.32 Å². The summed E-state index contributed by atoms with van der Waals surface area (Å²) in [5, 5.41) is 2.84. The highest BCUT2D eigenvalue weighted by Crippen LogP contribution is 2.20. The fraction of sp³-hybridized carbons (Fsp3) is 0.429. The van der Waals surface area contributed by atoms with Crippen molar-refractivity contribution in [2.24, 2.45) is 5.41 Å². The van der Waals surface area contributed by atoms with Gasteiger partial charge in [-0.3, -0.25) is 9.59 Å². The van der Waals surface area contributed by atoms with E-state index in [0.717, 1.165) is 11.3 Å². The largest absolute Gasteiger partial charge is 0.326 e. The van der Waals surface area contributed by atoms with Gasteiger partial charge in [-0.05, 0) is 37.6 Å². The summed E-state index contributed by atoms with van der Waals surface area (Å²) in [6.07, 6.45) is 0. The number of nitrogens with one attached hydrogen (secondary N) is 1. The van der Waals surface area contributed by atoms with Gasteiger partial charge in [0.1, 0.15) is 0 Å². The fourth-order valence-corrected chi connectivity index (χ4v) is 1.46. The monoisotopic (exact) mass is 233 g/mol. The first kappa shape index (κ1) is 13.4. The molecule has 0 aliphatic carbocycles. The first-order chi connectivity index (χ1) is 7.71. The molecule has 3 heteroatoms. The van der Waals surface area contributed by atoms with Crippen molar-refractivity contribution in [1.82, 2.24) is 0 Å². The van der Waals surface area contributed by atoms with E-state index in [-0.39, 0.29) is 11.7 Å². The van der Waals surface area contributed by atoms with Crippen LogP contribution in [0.15, 0.2) is 18.2 Å². The van der Waals surface area contributed by atoms with Gasteiger partial charge in [0, 0.05) is 16.7 Å². The van der Waals surface area contributed by atoms with E-state index < -0.39 is 5.41 Å². The van der Waals surface area contributed by atoms with Gasteiger partial charge < -0.3 is 5.32 Å². The van der Waals surface area contributed by atoms with E-state index in [0.29, 0.717) is 5.56 Å². The number of rotatable bonds is 2. The van der Waals surface area contributed by atoms with Gasteiger partial charge in [-0.2, -0.15) is 0 Å². The minimum atomic E-state index is -0.423. The molecule has 0 saturated carbocycles. The molecule has 0 heterocycles. The van der Waals surface area contributed by atoms with Crippen LogP contribution in [0, 0.1) is 12.3 Å². The predicted molar refractivity (Wildman–Crippen MR) is 69.3 cm³/mol. The fourth-order valence-electron chi connectivity index (χ4n) is 1.46. The van der Waals surface area contributed by atoms with Crippen LogP contribution in [-0.2, 0) is 4.79 Å². The second-order valence-corrected chi connectivity index (χ2v) is 5.29. The Labute approximate surface area is 102 Å². The van der Waals surface area contributed by atoms with Gasteiger partial charge in [0.2, 0.25) is 5.91 Å². The molecule has 1 rings (SSSR count). The maximum absolute atomic E-state index is 11.8. The number of aryl methyl sites for hydroxylation is 1. The topological polar surface area (TPSA) is 46.2 Å². The van der Waals surface area contributed by atoms with Gasteiger partial charge in [0.15, 0.2) is 5.78 Å². The summed E-state index contributed by atoms with van der Waals surface area (Å²) in [5.74, 6) is 0.00340. The molecule has 1 amide bonds. The van der Waals surface area contributed by atoms with Crippen LogP contribution in [0.5, 0.6) is 0 Å². The third-order valence-electron chi connectivity index (χ3n) is 2.54. The lowest BCUT2D eigenvalue weighted by atomic mass is 9.95. The van der Waals surface area contributed by atoms with Crippen molar-refractivity contribution in [3.63, 3.8) is 0 Å². The Balaban J connectivity index is 2.92. The Kier molecular flexibility index (Phi) is 3.71. The third-order valence-corrected chi connectivity index (χ3v) is 2.54. The maximum Gasteiger partial charge on any atom is 0.229 e. The normalized spacial score (nSPS) is 11.1. The molecule has 17 heavy (non-hydrogen) atoms. The summed E-state index contributed by atoms with van der Waals surface area (Å²) in [5.41, 5.74) is 1.88. The molecule has 0 unspecified atom stereocenters. The van der Waals surface area contributed by atoms with Gasteiger partial charge in [-0.1, -0.05) is 20.8 Å². The van der Waals surface area contributed by atoms with Crippen LogP contribution >= 0.6 is 0 Å². The quantitative estimate of drug-likeness (QED) is 0.797. The molecule has 0 spiro atoms. The zero-order valence-electron chi connectivity index (χ0n) is 11.0. The second-order valence-electron chi connectivity index (χ2n) is 5.29. The SMILES string of the molecule is CC(=O)c1ccc(NC(=O)C(C)(C)C)cc1C. The molecule has 0 radical (unpaired) electrons. The number of Topliss-reactive ketones (excluding diaryl/α,β-unsaturated/α-hetero) is 1. The Morgan fingerprint density at radius 1 is 1.18 bits per heavy atom. The number of carbonyl (C=O) groups is 2. The Morgan fingerprint density at radius 2 is 1.76 bits per heavy atom. The molecular formula is C14H19NO2. The van der Waals surface area contributed by atoms with Gasteiger partial charge >= 0.3 is 0 Å². The Bertz CT molecular complexity index is 456. The number of hydrogen-bond acceptors (Lipinski definition) is 2. The molecule has 0 aromatic heterocycles. The molecule has 0 aliphatic heterocycles. The zero-order valence-corrected chi connectivity index (χ0v) is 11.0. The average Bonchev–Trinajstić information content (AvgIpc) is 2.15. The number of ketones is 1. The summed E-state index contributed by atoms with van der Waals surface area (Å²) in [6, 6.07) is 5.32. The van der Waals surface area contributed by atoms with Crippen LogP contribution in [0.25, 0.3) is 0 Å². The van der Waals surface area contributed by atoms with E-state index in [4.69, 9.17) is 0 Å². The van der Waals surface area contributed by atoms with Crippen molar-refractivity contribution >= 4 is 17.4 Å². The van der Waals surface area contributed by atoms with Gasteiger partial charge in [0.05, 0.1) is 0 Å². The van der Waals surface area contributed by atoms with E-state index in [9.17, 15) is 9.59 Å². The lowest BCUT2D eigenvalue weighted by Crippen LogP contribution is -2.27.